The Kier molecular flexibility index (Phi) is 5.54. The third-order valence-corrected chi connectivity index (χ3v) is 4.72. The lowest BCUT2D eigenvalue weighted by atomic mass is 10.1. The Hall–Kier alpha value is -3.15. The number of esters is 1. The van der Waals surface area contributed by atoms with Crippen LogP contribution in [0.3, 0.4) is 0 Å². The highest BCUT2D eigenvalue weighted by molar-refractivity contribution is 5.99. The van der Waals surface area contributed by atoms with Crippen LogP contribution in [0.4, 0.5) is 5.69 Å². The van der Waals surface area contributed by atoms with Gasteiger partial charge in [0.05, 0.1) is 18.6 Å². The molecule has 6 nitrogen and oxygen atoms in total. The fourth-order valence-corrected chi connectivity index (χ4v) is 3.14. The van der Waals surface area contributed by atoms with Gasteiger partial charge in [0, 0.05) is 25.2 Å². The summed E-state index contributed by atoms with van der Waals surface area (Å²) in [6, 6.07) is 14.7. The summed E-state index contributed by atoms with van der Waals surface area (Å²) < 4.78 is 4.72. The number of amides is 2. The van der Waals surface area contributed by atoms with Gasteiger partial charge in [0.1, 0.15) is 0 Å². The van der Waals surface area contributed by atoms with Crippen LogP contribution in [-0.2, 0) is 20.9 Å². The van der Waals surface area contributed by atoms with Gasteiger partial charge in [-0.15, -0.1) is 0 Å². The molecule has 2 aromatic rings. The minimum absolute atomic E-state index is 0.0287. The number of hydrogen-bond donors (Lipinski definition) is 1. The van der Waals surface area contributed by atoms with Crippen molar-refractivity contribution in [1.29, 1.82) is 0 Å². The molecule has 1 aliphatic heterocycles. The third kappa shape index (κ3) is 4.34. The molecule has 1 fully saturated rings. The Morgan fingerprint density at radius 2 is 1.93 bits per heavy atom. The number of nitrogens with zero attached hydrogens (tertiary/aromatic N) is 1. The summed E-state index contributed by atoms with van der Waals surface area (Å²) in [5.41, 5.74) is 2.79. The molecule has 2 amide bonds. The lowest BCUT2D eigenvalue weighted by Crippen LogP contribution is -2.28. The van der Waals surface area contributed by atoms with Gasteiger partial charge in [0.15, 0.2) is 0 Å². The first kappa shape index (κ1) is 18.6. The van der Waals surface area contributed by atoms with Crippen molar-refractivity contribution in [3.63, 3.8) is 0 Å². The maximum atomic E-state index is 12.7. The maximum absolute atomic E-state index is 12.7. The Morgan fingerprint density at radius 3 is 2.63 bits per heavy atom. The van der Waals surface area contributed by atoms with Gasteiger partial charge in [-0.3, -0.25) is 9.59 Å². The highest BCUT2D eigenvalue weighted by Gasteiger charge is 2.34. The molecule has 1 aliphatic rings. The first-order chi connectivity index (χ1) is 13.0. The predicted molar refractivity (Wildman–Crippen MR) is 101 cm³/mol. The average molecular weight is 366 g/mol. The molecule has 1 heterocycles. The lowest BCUT2D eigenvalue weighted by Gasteiger charge is -2.17. The molecule has 1 N–H and O–H groups in total. The quantitative estimate of drug-likeness (QED) is 0.826. The standard InChI is InChI=1S/C21H22N2O4/c1-14-8-9-16(21(26)27-2)10-18(14)22-20(25)17-11-19(24)23(13-17)12-15-6-4-3-5-7-15/h3-10,17H,11-13H2,1-2H3,(H,22,25). The molecule has 1 unspecified atom stereocenters. The minimum atomic E-state index is -0.462. The monoisotopic (exact) mass is 366 g/mol. The van der Waals surface area contributed by atoms with E-state index in [-0.39, 0.29) is 18.2 Å². The number of anilines is 1. The summed E-state index contributed by atoms with van der Waals surface area (Å²) in [5, 5.41) is 2.85. The molecule has 6 heteroatoms. The molecule has 0 spiro atoms. The van der Waals surface area contributed by atoms with Crippen LogP contribution >= 0.6 is 0 Å². The predicted octanol–water partition coefficient (Wildman–Crippen LogP) is 2.77. The summed E-state index contributed by atoms with van der Waals surface area (Å²) in [6.45, 7) is 2.73. The van der Waals surface area contributed by atoms with Gasteiger partial charge >= 0.3 is 5.97 Å². The van der Waals surface area contributed by atoms with Gasteiger partial charge in [-0.05, 0) is 30.2 Å². The van der Waals surface area contributed by atoms with Crippen molar-refractivity contribution >= 4 is 23.5 Å². The second-order valence-corrected chi connectivity index (χ2v) is 6.67. The minimum Gasteiger partial charge on any atom is -0.465 e. The summed E-state index contributed by atoms with van der Waals surface area (Å²) in [7, 11) is 1.31. The van der Waals surface area contributed by atoms with Gasteiger partial charge in [-0.2, -0.15) is 0 Å². The second-order valence-electron chi connectivity index (χ2n) is 6.67. The van der Waals surface area contributed by atoms with Crippen LogP contribution < -0.4 is 5.32 Å². The SMILES string of the molecule is COC(=O)c1ccc(C)c(NC(=O)C2CC(=O)N(Cc3ccccc3)C2)c1. The number of ether oxygens (including phenoxy) is 1. The summed E-state index contributed by atoms with van der Waals surface area (Å²) >= 11 is 0. The third-order valence-electron chi connectivity index (χ3n) is 4.72. The van der Waals surface area contributed by atoms with E-state index in [1.807, 2.05) is 37.3 Å². The van der Waals surface area contributed by atoms with Crippen molar-refractivity contribution in [3.05, 3.63) is 65.2 Å². The van der Waals surface area contributed by atoms with Crippen molar-refractivity contribution in [1.82, 2.24) is 4.90 Å². The van der Waals surface area contributed by atoms with E-state index in [2.05, 4.69) is 5.32 Å². The van der Waals surface area contributed by atoms with Crippen LogP contribution in [0.5, 0.6) is 0 Å². The maximum Gasteiger partial charge on any atom is 0.337 e. The van der Waals surface area contributed by atoms with E-state index in [4.69, 9.17) is 4.74 Å². The Bertz CT molecular complexity index is 864. The van der Waals surface area contributed by atoms with E-state index in [9.17, 15) is 14.4 Å². The number of benzene rings is 2. The fourth-order valence-electron chi connectivity index (χ4n) is 3.14. The summed E-state index contributed by atoms with van der Waals surface area (Å²) in [5.74, 6) is -1.12. The molecule has 0 radical (unpaired) electrons. The number of carbonyl (C=O) groups excluding carboxylic acids is 3. The average Bonchev–Trinajstić information content (AvgIpc) is 3.04. The number of likely N-dealkylation sites (tertiary alicyclic amines) is 1. The number of aryl methyl sites for hydroxylation is 1. The van der Waals surface area contributed by atoms with E-state index in [0.29, 0.717) is 24.3 Å². The van der Waals surface area contributed by atoms with E-state index >= 15 is 0 Å². The van der Waals surface area contributed by atoms with Crippen LogP contribution in [-0.4, -0.2) is 36.3 Å². The molecular weight excluding hydrogens is 344 g/mol. The molecule has 0 aromatic heterocycles. The molecule has 1 atom stereocenters. The summed E-state index contributed by atoms with van der Waals surface area (Å²) in [6.07, 6.45) is 0.189. The zero-order valence-electron chi connectivity index (χ0n) is 15.4. The van der Waals surface area contributed by atoms with Crippen molar-refractivity contribution in [2.75, 3.05) is 19.0 Å². The molecule has 0 saturated carbocycles. The van der Waals surface area contributed by atoms with Gasteiger partial charge in [-0.25, -0.2) is 4.79 Å². The van der Waals surface area contributed by atoms with Crippen molar-refractivity contribution in [3.8, 4) is 0 Å². The smallest absolute Gasteiger partial charge is 0.337 e. The van der Waals surface area contributed by atoms with Crippen LogP contribution in [0.1, 0.15) is 27.9 Å². The van der Waals surface area contributed by atoms with Crippen LogP contribution in [0.25, 0.3) is 0 Å². The molecule has 2 aromatic carbocycles. The molecule has 0 aliphatic carbocycles. The normalized spacial score (nSPS) is 16.3. The Labute approximate surface area is 158 Å². The lowest BCUT2D eigenvalue weighted by molar-refractivity contribution is -0.128. The van der Waals surface area contributed by atoms with Gasteiger partial charge in [-0.1, -0.05) is 36.4 Å². The molecule has 3 rings (SSSR count). The highest BCUT2D eigenvalue weighted by atomic mass is 16.5. The first-order valence-corrected chi connectivity index (χ1v) is 8.79. The molecule has 1 saturated heterocycles. The Balaban J connectivity index is 1.67. The number of rotatable bonds is 5. The number of methoxy groups -OCH3 is 1. The van der Waals surface area contributed by atoms with Gasteiger partial charge in [0.25, 0.3) is 0 Å². The first-order valence-electron chi connectivity index (χ1n) is 8.79. The number of carbonyl (C=O) groups is 3. The zero-order chi connectivity index (χ0) is 19.4. The van der Waals surface area contributed by atoms with Gasteiger partial charge in [0.2, 0.25) is 11.8 Å². The summed E-state index contributed by atoms with van der Waals surface area (Å²) in [4.78, 5) is 38.3. The van der Waals surface area contributed by atoms with Gasteiger partial charge < -0.3 is 15.0 Å². The number of nitrogens with one attached hydrogen (secondary N) is 1. The molecule has 0 bridgehead atoms. The van der Waals surface area contributed by atoms with Crippen molar-refractivity contribution < 1.29 is 19.1 Å². The van der Waals surface area contributed by atoms with Crippen molar-refractivity contribution in [2.45, 2.75) is 19.9 Å². The topological polar surface area (TPSA) is 75.7 Å². The van der Waals surface area contributed by atoms with Crippen LogP contribution in [0.15, 0.2) is 48.5 Å². The van der Waals surface area contributed by atoms with Crippen molar-refractivity contribution in [2.24, 2.45) is 5.92 Å². The van der Waals surface area contributed by atoms with E-state index in [0.717, 1.165) is 11.1 Å². The zero-order valence-corrected chi connectivity index (χ0v) is 15.4. The Morgan fingerprint density at radius 1 is 1.19 bits per heavy atom. The van der Waals surface area contributed by atoms with E-state index in [1.165, 1.54) is 7.11 Å². The fraction of sp³-hybridized carbons (Fsp3) is 0.286. The molecule has 27 heavy (non-hydrogen) atoms. The van der Waals surface area contributed by atoms with Crippen LogP contribution in [0, 0.1) is 12.8 Å². The second kappa shape index (κ2) is 8.03. The highest BCUT2D eigenvalue weighted by Crippen LogP contribution is 2.24. The van der Waals surface area contributed by atoms with E-state index < -0.39 is 11.9 Å². The number of hydrogen-bond acceptors (Lipinski definition) is 4. The molecular formula is C21H22N2O4. The largest absolute Gasteiger partial charge is 0.465 e. The van der Waals surface area contributed by atoms with E-state index in [1.54, 1.807) is 23.1 Å². The van der Waals surface area contributed by atoms with Crippen LogP contribution in [0.2, 0.25) is 0 Å². The molecule has 140 valence electrons.